The molecule has 152 valence electrons. The van der Waals surface area contributed by atoms with Gasteiger partial charge in [-0.1, -0.05) is 32.4 Å². The second-order valence-electron chi connectivity index (χ2n) is 10.5. The summed E-state index contributed by atoms with van der Waals surface area (Å²) >= 11 is 0. The normalized spacial score (nSPS) is 51.8. The fraction of sp³-hybridized carbons (Fsp3) is 0.750. The van der Waals surface area contributed by atoms with E-state index in [2.05, 4.69) is 25.2 Å². The first kappa shape index (κ1) is 18.7. The van der Waals surface area contributed by atoms with Crippen molar-refractivity contribution >= 4 is 11.6 Å². The summed E-state index contributed by atoms with van der Waals surface area (Å²) < 4.78 is 0. The van der Waals surface area contributed by atoms with Crippen LogP contribution in [0.15, 0.2) is 23.8 Å². The predicted octanol–water partition coefficient (Wildman–Crippen LogP) is 3.06. The van der Waals surface area contributed by atoms with E-state index in [0.29, 0.717) is 36.4 Å². The van der Waals surface area contributed by atoms with Gasteiger partial charge in [-0.2, -0.15) is 0 Å². The number of Topliss-reactive ketones (excluding diaryl/α,β-unsaturated/α-hetero) is 1. The Labute approximate surface area is 167 Å². The van der Waals surface area contributed by atoms with Crippen LogP contribution < -0.4 is 5.32 Å². The minimum absolute atomic E-state index is 0.0787. The van der Waals surface area contributed by atoms with Gasteiger partial charge < -0.3 is 10.4 Å². The van der Waals surface area contributed by atoms with Crippen molar-refractivity contribution < 1.29 is 14.7 Å². The molecule has 1 heterocycles. The summed E-state index contributed by atoms with van der Waals surface area (Å²) in [5, 5.41) is 15.0. The molecular weight excluding hydrogens is 350 g/mol. The third-order valence-electron chi connectivity index (χ3n) is 9.75. The molecule has 5 rings (SSSR count). The molecule has 0 aromatic rings. The molecule has 28 heavy (non-hydrogen) atoms. The number of rotatable bonds is 2. The molecule has 0 radical (unpaired) electrons. The number of ketones is 2. The fourth-order valence-corrected chi connectivity index (χ4v) is 8.60. The summed E-state index contributed by atoms with van der Waals surface area (Å²) in [6.45, 7) is 8.23. The van der Waals surface area contributed by atoms with Gasteiger partial charge in [0, 0.05) is 24.3 Å². The number of carbonyl (C=O) groups excluding carboxylic acids is 2. The SMILES string of the molecule is CCC(=O)[C@@]12CNC[C@@H]1C[C@H]1[C@@H]3CCC4=CC(=O)C=C[C@]4(C)[C@H]3[C@@H](O)C[C@@]12C. The van der Waals surface area contributed by atoms with Crippen LogP contribution in [0.3, 0.4) is 0 Å². The summed E-state index contributed by atoms with van der Waals surface area (Å²) in [4.78, 5) is 25.2. The average Bonchev–Trinajstić information content (AvgIpc) is 3.18. The first-order valence-electron chi connectivity index (χ1n) is 11.1. The van der Waals surface area contributed by atoms with Crippen LogP contribution in [0.2, 0.25) is 0 Å². The van der Waals surface area contributed by atoms with E-state index < -0.39 is 6.10 Å². The number of aliphatic hydroxyl groups excluding tert-OH is 1. The highest BCUT2D eigenvalue weighted by atomic mass is 16.3. The van der Waals surface area contributed by atoms with Gasteiger partial charge in [0.2, 0.25) is 0 Å². The Bertz CT molecular complexity index is 800. The molecule has 5 aliphatic rings. The molecule has 4 fully saturated rings. The lowest BCUT2D eigenvalue weighted by molar-refractivity contribution is -0.155. The van der Waals surface area contributed by atoms with E-state index >= 15 is 0 Å². The van der Waals surface area contributed by atoms with Gasteiger partial charge >= 0.3 is 0 Å². The van der Waals surface area contributed by atoms with Crippen molar-refractivity contribution in [2.24, 2.45) is 39.9 Å². The monoisotopic (exact) mass is 383 g/mol. The molecule has 0 bridgehead atoms. The minimum atomic E-state index is -0.432. The molecule has 4 nitrogen and oxygen atoms in total. The number of hydrogen-bond donors (Lipinski definition) is 2. The zero-order valence-electron chi connectivity index (χ0n) is 17.3. The largest absolute Gasteiger partial charge is 0.393 e. The second-order valence-corrected chi connectivity index (χ2v) is 10.5. The van der Waals surface area contributed by atoms with Gasteiger partial charge in [0.1, 0.15) is 5.78 Å². The smallest absolute Gasteiger partial charge is 0.178 e. The van der Waals surface area contributed by atoms with Crippen molar-refractivity contribution in [3.63, 3.8) is 0 Å². The quantitative estimate of drug-likeness (QED) is 0.769. The Kier molecular flexibility index (Phi) is 3.94. The Morgan fingerprint density at radius 3 is 2.89 bits per heavy atom. The van der Waals surface area contributed by atoms with E-state index in [4.69, 9.17) is 0 Å². The van der Waals surface area contributed by atoms with Crippen molar-refractivity contribution in [3.8, 4) is 0 Å². The Balaban J connectivity index is 1.59. The molecule has 0 unspecified atom stereocenters. The Hall–Kier alpha value is -1.26. The van der Waals surface area contributed by atoms with Crippen LogP contribution in [-0.4, -0.2) is 35.9 Å². The van der Waals surface area contributed by atoms with Crippen molar-refractivity contribution in [1.29, 1.82) is 0 Å². The van der Waals surface area contributed by atoms with E-state index in [-0.39, 0.29) is 27.9 Å². The second kappa shape index (κ2) is 5.89. The molecule has 4 aliphatic carbocycles. The maximum Gasteiger partial charge on any atom is 0.178 e. The van der Waals surface area contributed by atoms with Crippen LogP contribution in [0, 0.1) is 39.9 Å². The van der Waals surface area contributed by atoms with Gasteiger partial charge in [-0.15, -0.1) is 0 Å². The number of hydrogen-bond acceptors (Lipinski definition) is 4. The molecule has 0 spiro atoms. The maximum absolute atomic E-state index is 13.3. The number of carbonyl (C=O) groups is 2. The zero-order chi connectivity index (χ0) is 19.9. The minimum Gasteiger partial charge on any atom is -0.393 e. The van der Waals surface area contributed by atoms with Gasteiger partial charge in [-0.3, -0.25) is 9.59 Å². The molecule has 4 heteroatoms. The van der Waals surface area contributed by atoms with Crippen molar-refractivity contribution in [2.45, 2.75) is 59.0 Å². The topological polar surface area (TPSA) is 66.4 Å². The molecule has 8 atom stereocenters. The predicted molar refractivity (Wildman–Crippen MR) is 107 cm³/mol. The van der Waals surface area contributed by atoms with E-state index in [0.717, 1.165) is 32.4 Å². The molecule has 1 aliphatic heterocycles. The van der Waals surface area contributed by atoms with Crippen LogP contribution in [0.4, 0.5) is 0 Å². The van der Waals surface area contributed by atoms with Gasteiger partial charge in [-0.25, -0.2) is 0 Å². The van der Waals surface area contributed by atoms with Crippen LogP contribution in [0.25, 0.3) is 0 Å². The zero-order valence-corrected chi connectivity index (χ0v) is 17.3. The molecule has 1 saturated heterocycles. The van der Waals surface area contributed by atoms with Gasteiger partial charge in [0.05, 0.1) is 11.5 Å². The van der Waals surface area contributed by atoms with Crippen molar-refractivity contribution in [1.82, 2.24) is 5.32 Å². The highest BCUT2D eigenvalue weighted by Gasteiger charge is 2.72. The number of nitrogens with one attached hydrogen (secondary N) is 1. The van der Waals surface area contributed by atoms with E-state index in [1.54, 1.807) is 6.08 Å². The molecule has 0 aromatic carbocycles. The Morgan fingerprint density at radius 1 is 1.36 bits per heavy atom. The standard InChI is InChI=1S/C24H33NO3/c1-4-20(28)24-13-25-12-15(24)10-18-17-6-5-14-9-16(26)7-8-22(14,2)21(17)19(27)11-23(18,24)3/h7-9,15,17-19,21,25,27H,4-6,10-13H2,1-3H3/t15-,17-,18-,19-,21+,22-,23-,24+/m0/s1. The third kappa shape index (κ3) is 2.04. The lowest BCUT2D eigenvalue weighted by Gasteiger charge is -2.60. The summed E-state index contributed by atoms with van der Waals surface area (Å²) in [6.07, 6.45) is 9.49. The first-order chi connectivity index (χ1) is 13.3. The lowest BCUT2D eigenvalue weighted by Crippen LogP contribution is -2.60. The highest BCUT2D eigenvalue weighted by molar-refractivity contribution is 6.01. The number of fused-ring (bicyclic) bond motifs is 7. The fourth-order valence-electron chi connectivity index (χ4n) is 8.60. The third-order valence-corrected chi connectivity index (χ3v) is 9.75. The molecular formula is C24H33NO3. The molecule has 2 N–H and O–H groups in total. The van der Waals surface area contributed by atoms with Crippen LogP contribution in [0.5, 0.6) is 0 Å². The summed E-state index contributed by atoms with van der Waals surface area (Å²) in [5.74, 6) is 1.91. The molecule has 0 aromatic heterocycles. The molecule has 0 amide bonds. The highest BCUT2D eigenvalue weighted by Crippen LogP contribution is 2.71. The first-order valence-corrected chi connectivity index (χ1v) is 11.1. The van der Waals surface area contributed by atoms with Crippen LogP contribution in [0.1, 0.15) is 52.9 Å². The van der Waals surface area contributed by atoms with Gasteiger partial charge in [0.25, 0.3) is 0 Å². The van der Waals surface area contributed by atoms with E-state index in [1.165, 1.54) is 5.57 Å². The van der Waals surface area contributed by atoms with E-state index in [9.17, 15) is 14.7 Å². The average molecular weight is 384 g/mol. The lowest BCUT2D eigenvalue weighted by atomic mass is 9.44. The van der Waals surface area contributed by atoms with Crippen LogP contribution >= 0.6 is 0 Å². The number of aliphatic hydroxyl groups is 1. The van der Waals surface area contributed by atoms with Crippen molar-refractivity contribution in [3.05, 3.63) is 23.8 Å². The maximum atomic E-state index is 13.3. The Morgan fingerprint density at radius 2 is 2.14 bits per heavy atom. The molecule has 3 saturated carbocycles. The van der Waals surface area contributed by atoms with Crippen molar-refractivity contribution in [2.75, 3.05) is 13.1 Å². The van der Waals surface area contributed by atoms with Gasteiger partial charge in [0.15, 0.2) is 5.78 Å². The van der Waals surface area contributed by atoms with Crippen LogP contribution in [-0.2, 0) is 9.59 Å². The van der Waals surface area contributed by atoms with Gasteiger partial charge in [-0.05, 0) is 67.5 Å². The summed E-state index contributed by atoms with van der Waals surface area (Å²) in [6, 6.07) is 0. The van der Waals surface area contributed by atoms with E-state index in [1.807, 2.05) is 13.0 Å². The number of allylic oxidation sites excluding steroid dienone is 4. The summed E-state index contributed by atoms with van der Waals surface area (Å²) in [7, 11) is 0. The summed E-state index contributed by atoms with van der Waals surface area (Å²) in [5.41, 5.74) is 0.521.